The van der Waals surface area contributed by atoms with Crippen LogP contribution in [0.2, 0.25) is 0 Å². The summed E-state index contributed by atoms with van der Waals surface area (Å²) in [6, 6.07) is 0.310. The first-order valence-electron chi connectivity index (χ1n) is 6.51. The molecule has 0 fully saturated rings. The van der Waals surface area contributed by atoms with Crippen LogP contribution in [0.4, 0.5) is 0 Å². The number of hydrogen-bond acceptors (Lipinski definition) is 2. The predicted molar refractivity (Wildman–Crippen MR) is 72.1 cm³/mol. The fraction of sp³-hybridized carbons (Fsp3) is 0.786. The van der Waals surface area contributed by atoms with Crippen molar-refractivity contribution < 1.29 is 9.90 Å². The average Bonchev–Trinajstić information content (AvgIpc) is 2.30. The molecule has 0 aromatic rings. The first-order chi connectivity index (χ1) is 7.93. The summed E-state index contributed by atoms with van der Waals surface area (Å²) < 4.78 is 0. The molecule has 3 nitrogen and oxygen atoms in total. The van der Waals surface area contributed by atoms with E-state index in [0.717, 1.165) is 6.42 Å². The molecule has 0 saturated heterocycles. The molecule has 0 spiro atoms. The molecule has 100 valence electrons. The van der Waals surface area contributed by atoms with E-state index in [1.807, 2.05) is 19.9 Å². The summed E-state index contributed by atoms with van der Waals surface area (Å²) >= 11 is 0. The topological polar surface area (TPSA) is 49.3 Å². The molecule has 0 bridgehead atoms. The zero-order chi connectivity index (χ0) is 13.5. The summed E-state index contributed by atoms with van der Waals surface area (Å²) in [5.41, 5.74) is -0.623. The summed E-state index contributed by atoms with van der Waals surface area (Å²) in [5.74, 6) is -0.216. The van der Waals surface area contributed by atoms with Crippen LogP contribution in [-0.2, 0) is 4.79 Å². The van der Waals surface area contributed by atoms with Gasteiger partial charge in [-0.25, -0.2) is 0 Å². The van der Waals surface area contributed by atoms with Crippen molar-refractivity contribution >= 4 is 5.97 Å². The van der Waals surface area contributed by atoms with Crippen molar-refractivity contribution in [1.29, 1.82) is 0 Å². The van der Waals surface area contributed by atoms with Crippen LogP contribution in [0.25, 0.3) is 0 Å². The van der Waals surface area contributed by atoms with Gasteiger partial charge in [0.2, 0.25) is 0 Å². The van der Waals surface area contributed by atoms with Crippen LogP contribution in [0.1, 0.15) is 47.0 Å². The van der Waals surface area contributed by atoms with E-state index in [1.165, 1.54) is 0 Å². The summed E-state index contributed by atoms with van der Waals surface area (Å²) in [6.45, 7) is 12.4. The van der Waals surface area contributed by atoms with Gasteiger partial charge in [-0.05, 0) is 32.1 Å². The largest absolute Gasteiger partial charge is 0.481 e. The molecule has 0 radical (unpaired) electrons. The molecule has 2 atom stereocenters. The maximum atomic E-state index is 11.3. The van der Waals surface area contributed by atoms with E-state index >= 15 is 0 Å². The molecule has 0 saturated carbocycles. The molecule has 0 amide bonds. The summed E-state index contributed by atoms with van der Waals surface area (Å²) in [4.78, 5) is 11.3. The minimum atomic E-state index is -0.696. The number of aliphatic carboxylic acids is 1. The maximum Gasteiger partial charge on any atom is 0.310 e. The van der Waals surface area contributed by atoms with Crippen LogP contribution in [0.15, 0.2) is 12.7 Å². The van der Waals surface area contributed by atoms with E-state index in [4.69, 9.17) is 0 Å². The van der Waals surface area contributed by atoms with Crippen molar-refractivity contribution in [2.24, 2.45) is 11.3 Å². The van der Waals surface area contributed by atoms with Gasteiger partial charge in [-0.15, -0.1) is 6.58 Å². The highest BCUT2D eigenvalue weighted by molar-refractivity contribution is 5.74. The van der Waals surface area contributed by atoms with Gasteiger partial charge in [-0.2, -0.15) is 0 Å². The molecule has 2 unspecified atom stereocenters. The first-order valence-corrected chi connectivity index (χ1v) is 6.51. The molecule has 0 aromatic carbocycles. The zero-order valence-electron chi connectivity index (χ0n) is 11.6. The van der Waals surface area contributed by atoms with Crippen molar-refractivity contribution in [3.8, 4) is 0 Å². The number of hydrogen-bond donors (Lipinski definition) is 2. The number of carboxylic acids is 1. The van der Waals surface area contributed by atoms with E-state index in [0.29, 0.717) is 31.3 Å². The van der Waals surface area contributed by atoms with Crippen molar-refractivity contribution in [1.82, 2.24) is 5.32 Å². The van der Waals surface area contributed by atoms with E-state index in [9.17, 15) is 9.90 Å². The number of nitrogens with one attached hydrogen (secondary N) is 1. The van der Waals surface area contributed by atoms with Gasteiger partial charge < -0.3 is 10.4 Å². The average molecular weight is 241 g/mol. The van der Waals surface area contributed by atoms with E-state index in [2.05, 4.69) is 25.7 Å². The van der Waals surface area contributed by atoms with Crippen LogP contribution in [0.5, 0.6) is 0 Å². The van der Waals surface area contributed by atoms with Crippen LogP contribution in [0, 0.1) is 11.3 Å². The van der Waals surface area contributed by atoms with Crippen LogP contribution >= 0.6 is 0 Å². The highest BCUT2D eigenvalue weighted by Crippen LogP contribution is 2.26. The van der Waals surface area contributed by atoms with Crippen molar-refractivity contribution in [2.75, 3.05) is 6.54 Å². The molecular formula is C14H27NO2. The van der Waals surface area contributed by atoms with Crippen LogP contribution in [-0.4, -0.2) is 23.7 Å². The van der Waals surface area contributed by atoms with Crippen molar-refractivity contribution in [3.63, 3.8) is 0 Å². The minimum Gasteiger partial charge on any atom is -0.481 e. The Bertz CT molecular complexity index is 247. The molecule has 0 aliphatic heterocycles. The minimum absolute atomic E-state index is 0.310. The smallest absolute Gasteiger partial charge is 0.310 e. The third kappa shape index (κ3) is 4.50. The van der Waals surface area contributed by atoms with E-state index < -0.39 is 11.4 Å². The normalized spacial score (nSPS) is 15.3. The van der Waals surface area contributed by atoms with Gasteiger partial charge in [0.05, 0.1) is 5.41 Å². The molecule has 17 heavy (non-hydrogen) atoms. The second kappa shape index (κ2) is 7.49. The summed E-state index contributed by atoms with van der Waals surface area (Å²) in [7, 11) is 0. The Morgan fingerprint density at radius 2 is 1.94 bits per heavy atom. The highest BCUT2D eigenvalue weighted by Gasteiger charge is 2.34. The van der Waals surface area contributed by atoms with E-state index in [1.54, 1.807) is 0 Å². The molecule has 0 aromatic heterocycles. The molecule has 3 heteroatoms. The van der Waals surface area contributed by atoms with Crippen LogP contribution in [0.3, 0.4) is 0 Å². The summed E-state index contributed by atoms with van der Waals surface area (Å²) in [5, 5.41) is 12.7. The Morgan fingerprint density at radius 3 is 2.29 bits per heavy atom. The number of carboxylic acid groups (broad SMARTS) is 1. The van der Waals surface area contributed by atoms with Gasteiger partial charge in [-0.1, -0.05) is 26.8 Å². The van der Waals surface area contributed by atoms with Gasteiger partial charge in [0.1, 0.15) is 0 Å². The lowest BCUT2D eigenvalue weighted by molar-refractivity contribution is -0.149. The monoisotopic (exact) mass is 241 g/mol. The Morgan fingerprint density at radius 1 is 1.41 bits per heavy atom. The fourth-order valence-electron chi connectivity index (χ4n) is 1.90. The van der Waals surface area contributed by atoms with E-state index in [-0.39, 0.29) is 0 Å². The quantitative estimate of drug-likeness (QED) is 0.610. The number of allylic oxidation sites excluding steroid dienone is 1. The second-order valence-corrected chi connectivity index (χ2v) is 4.96. The fourth-order valence-corrected chi connectivity index (χ4v) is 1.90. The van der Waals surface area contributed by atoms with Gasteiger partial charge in [-0.3, -0.25) is 4.79 Å². The van der Waals surface area contributed by atoms with Gasteiger partial charge in [0, 0.05) is 12.6 Å². The standard InChI is InChI=1S/C14H27NO2/c1-6-9-11(4)12(5)15-10-14(7-2,8-3)13(16)17/h6,11-12,15H,1,7-10H2,2-5H3,(H,16,17). The van der Waals surface area contributed by atoms with Gasteiger partial charge >= 0.3 is 5.97 Å². The summed E-state index contributed by atoms with van der Waals surface area (Å²) in [6.07, 6.45) is 4.18. The first kappa shape index (κ1) is 16.2. The maximum absolute atomic E-state index is 11.3. The van der Waals surface area contributed by atoms with Gasteiger partial charge in [0.25, 0.3) is 0 Å². The third-order valence-corrected chi connectivity index (χ3v) is 3.96. The highest BCUT2D eigenvalue weighted by atomic mass is 16.4. The van der Waals surface area contributed by atoms with Crippen molar-refractivity contribution in [2.45, 2.75) is 53.0 Å². The lowest BCUT2D eigenvalue weighted by atomic mass is 9.82. The molecular weight excluding hydrogens is 214 g/mol. The SMILES string of the molecule is C=CCC(C)C(C)NCC(CC)(CC)C(=O)O. The Hall–Kier alpha value is -0.830. The van der Waals surface area contributed by atoms with Crippen LogP contribution < -0.4 is 5.32 Å². The molecule has 0 heterocycles. The Kier molecular flexibility index (Phi) is 7.12. The van der Waals surface area contributed by atoms with Gasteiger partial charge in [0.15, 0.2) is 0 Å². The molecule has 0 aliphatic rings. The zero-order valence-corrected chi connectivity index (χ0v) is 11.6. The third-order valence-electron chi connectivity index (χ3n) is 3.96. The molecule has 2 N–H and O–H groups in total. The lowest BCUT2D eigenvalue weighted by Gasteiger charge is -2.30. The predicted octanol–water partition coefficient (Wildman–Crippen LogP) is 3.07. The number of rotatable bonds is 9. The van der Waals surface area contributed by atoms with Crippen molar-refractivity contribution in [3.05, 3.63) is 12.7 Å². The Labute approximate surface area is 105 Å². The Balaban J connectivity index is 4.40. The lowest BCUT2D eigenvalue weighted by Crippen LogP contribution is -2.44. The second-order valence-electron chi connectivity index (χ2n) is 4.96. The molecule has 0 rings (SSSR count). The number of carbonyl (C=O) groups is 1. The molecule has 0 aliphatic carbocycles.